The lowest BCUT2D eigenvalue weighted by Crippen LogP contribution is -2.35. The molecule has 0 heteroatoms. The summed E-state index contributed by atoms with van der Waals surface area (Å²) in [5.74, 6) is 6.00. The van der Waals surface area contributed by atoms with Crippen molar-refractivity contribution >= 4 is 0 Å². The third-order valence-electron chi connectivity index (χ3n) is 5.93. The Kier molecular flexibility index (Phi) is 3.97. The van der Waals surface area contributed by atoms with E-state index in [1.54, 1.807) is 0 Å². The minimum absolute atomic E-state index is 0.954. The van der Waals surface area contributed by atoms with Crippen molar-refractivity contribution in [3.05, 3.63) is 0 Å². The number of hydrogen-bond acceptors (Lipinski definition) is 0. The maximum atomic E-state index is 2.51. The lowest BCUT2D eigenvalue weighted by atomic mass is 9.62. The Morgan fingerprint density at radius 3 is 1.81 bits per heavy atom. The second kappa shape index (κ2) is 5.10. The van der Waals surface area contributed by atoms with Gasteiger partial charge in [-0.15, -0.1) is 0 Å². The molecule has 0 N–H and O–H groups in total. The Hall–Kier alpha value is 0. The van der Waals surface area contributed by atoms with Crippen molar-refractivity contribution in [2.75, 3.05) is 0 Å². The minimum Gasteiger partial charge on any atom is -0.0622 e. The van der Waals surface area contributed by atoms with Crippen LogP contribution in [0.4, 0.5) is 0 Å². The monoisotopic (exact) mass is 222 g/mol. The molecule has 0 nitrogen and oxygen atoms in total. The van der Waals surface area contributed by atoms with Crippen molar-refractivity contribution in [1.29, 1.82) is 0 Å². The molecule has 94 valence electrons. The summed E-state index contributed by atoms with van der Waals surface area (Å²) in [6.07, 6.45) is 9.05. The third-order valence-corrected chi connectivity index (χ3v) is 5.93. The van der Waals surface area contributed by atoms with Gasteiger partial charge >= 0.3 is 0 Å². The van der Waals surface area contributed by atoms with Crippen LogP contribution in [-0.2, 0) is 0 Å². The molecule has 0 bridgehead atoms. The molecule has 0 aromatic rings. The predicted molar refractivity (Wildman–Crippen MR) is 71.3 cm³/mol. The zero-order chi connectivity index (χ0) is 11.7. The van der Waals surface area contributed by atoms with Crippen LogP contribution in [0.5, 0.6) is 0 Å². The maximum absolute atomic E-state index is 2.51. The summed E-state index contributed by atoms with van der Waals surface area (Å²) >= 11 is 0. The van der Waals surface area contributed by atoms with Gasteiger partial charge in [0.05, 0.1) is 0 Å². The van der Waals surface area contributed by atoms with E-state index in [1.807, 2.05) is 0 Å². The van der Waals surface area contributed by atoms with E-state index in [0.717, 1.165) is 35.5 Å². The molecule has 2 aliphatic rings. The first kappa shape index (κ1) is 12.5. The summed E-state index contributed by atoms with van der Waals surface area (Å²) in [4.78, 5) is 0. The van der Waals surface area contributed by atoms with Crippen LogP contribution >= 0.6 is 0 Å². The van der Waals surface area contributed by atoms with E-state index in [0.29, 0.717) is 0 Å². The standard InChI is InChI=1S/C16H30/c1-11-7-5-6-8-16(11)15-9-12(2)14(4)13(3)10-15/h11-16H,5-10H2,1-4H3. The fourth-order valence-corrected chi connectivity index (χ4v) is 4.44. The molecular formula is C16H30. The molecule has 0 heterocycles. The molecule has 2 rings (SSSR count). The van der Waals surface area contributed by atoms with Gasteiger partial charge in [-0.1, -0.05) is 47.0 Å². The van der Waals surface area contributed by atoms with Gasteiger partial charge in [0.1, 0.15) is 0 Å². The molecule has 0 aliphatic heterocycles. The Morgan fingerprint density at radius 2 is 1.25 bits per heavy atom. The molecule has 16 heavy (non-hydrogen) atoms. The van der Waals surface area contributed by atoms with Gasteiger partial charge in [0.15, 0.2) is 0 Å². The molecule has 0 aromatic heterocycles. The topological polar surface area (TPSA) is 0 Å². The van der Waals surface area contributed by atoms with E-state index >= 15 is 0 Å². The first-order valence-electron chi connectivity index (χ1n) is 7.59. The van der Waals surface area contributed by atoms with E-state index < -0.39 is 0 Å². The molecule has 4 atom stereocenters. The van der Waals surface area contributed by atoms with Crippen molar-refractivity contribution in [3.63, 3.8) is 0 Å². The molecule has 0 radical (unpaired) electrons. The van der Waals surface area contributed by atoms with Crippen LogP contribution in [0, 0.1) is 35.5 Å². The fourth-order valence-electron chi connectivity index (χ4n) is 4.44. The quantitative estimate of drug-likeness (QED) is 0.577. The van der Waals surface area contributed by atoms with Gasteiger partial charge in [0.2, 0.25) is 0 Å². The minimum atomic E-state index is 0.954. The average Bonchev–Trinajstić information content (AvgIpc) is 2.26. The summed E-state index contributed by atoms with van der Waals surface area (Å²) in [7, 11) is 0. The van der Waals surface area contributed by atoms with Crippen molar-refractivity contribution in [3.8, 4) is 0 Å². The first-order chi connectivity index (χ1) is 7.59. The first-order valence-corrected chi connectivity index (χ1v) is 7.59. The van der Waals surface area contributed by atoms with Gasteiger partial charge in [0.25, 0.3) is 0 Å². The van der Waals surface area contributed by atoms with Crippen molar-refractivity contribution in [2.24, 2.45) is 35.5 Å². The summed E-state index contributed by atoms with van der Waals surface area (Å²) in [5.41, 5.74) is 0. The molecular weight excluding hydrogens is 192 g/mol. The number of hydrogen-bond donors (Lipinski definition) is 0. The highest BCUT2D eigenvalue weighted by Crippen LogP contribution is 2.46. The predicted octanol–water partition coefficient (Wildman–Crippen LogP) is 5.13. The summed E-state index contributed by atoms with van der Waals surface area (Å²) in [6.45, 7) is 9.95. The van der Waals surface area contributed by atoms with E-state index in [2.05, 4.69) is 27.7 Å². The summed E-state index contributed by atoms with van der Waals surface area (Å²) in [6, 6.07) is 0. The summed E-state index contributed by atoms with van der Waals surface area (Å²) in [5, 5.41) is 0. The van der Waals surface area contributed by atoms with E-state index in [4.69, 9.17) is 0 Å². The average molecular weight is 222 g/mol. The zero-order valence-electron chi connectivity index (χ0n) is 11.7. The second-order valence-corrected chi connectivity index (χ2v) is 6.97. The maximum Gasteiger partial charge on any atom is -0.0360 e. The van der Waals surface area contributed by atoms with Crippen LogP contribution in [0.3, 0.4) is 0 Å². The van der Waals surface area contributed by atoms with Crippen LogP contribution in [-0.4, -0.2) is 0 Å². The molecule has 0 saturated heterocycles. The van der Waals surface area contributed by atoms with Crippen LogP contribution in [0.15, 0.2) is 0 Å². The van der Waals surface area contributed by atoms with Gasteiger partial charge in [-0.25, -0.2) is 0 Å². The molecule has 2 aliphatic carbocycles. The molecule has 2 fully saturated rings. The van der Waals surface area contributed by atoms with E-state index in [-0.39, 0.29) is 0 Å². The molecule has 0 amide bonds. The normalized spacial score (nSPS) is 50.2. The van der Waals surface area contributed by atoms with Crippen molar-refractivity contribution in [1.82, 2.24) is 0 Å². The van der Waals surface area contributed by atoms with Gasteiger partial charge in [0, 0.05) is 0 Å². The largest absolute Gasteiger partial charge is 0.0622 e. The fraction of sp³-hybridized carbons (Fsp3) is 1.00. The Labute approximate surface area is 102 Å². The van der Waals surface area contributed by atoms with E-state index in [9.17, 15) is 0 Å². The highest BCUT2D eigenvalue weighted by atomic mass is 14.4. The molecule has 0 aromatic carbocycles. The Morgan fingerprint density at radius 1 is 0.688 bits per heavy atom. The Balaban J connectivity index is 1.98. The van der Waals surface area contributed by atoms with Crippen molar-refractivity contribution < 1.29 is 0 Å². The van der Waals surface area contributed by atoms with Crippen molar-refractivity contribution in [2.45, 2.75) is 66.2 Å². The van der Waals surface area contributed by atoms with Gasteiger partial charge < -0.3 is 0 Å². The smallest absolute Gasteiger partial charge is 0.0360 e. The second-order valence-electron chi connectivity index (χ2n) is 6.97. The molecule has 0 spiro atoms. The van der Waals surface area contributed by atoms with Crippen LogP contribution in [0.25, 0.3) is 0 Å². The number of rotatable bonds is 1. The van der Waals surface area contributed by atoms with Gasteiger partial charge in [-0.05, 0) is 54.8 Å². The van der Waals surface area contributed by atoms with E-state index in [1.165, 1.54) is 38.5 Å². The van der Waals surface area contributed by atoms with Gasteiger partial charge in [-0.3, -0.25) is 0 Å². The third kappa shape index (κ3) is 2.46. The van der Waals surface area contributed by atoms with Gasteiger partial charge in [-0.2, -0.15) is 0 Å². The highest BCUT2D eigenvalue weighted by molar-refractivity contribution is 4.86. The molecule has 2 saturated carbocycles. The highest BCUT2D eigenvalue weighted by Gasteiger charge is 2.36. The van der Waals surface area contributed by atoms with Crippen LogP contribution in [0.1, 0.15) is 66.2 Å². The van der Waals surface area contributed by atoms with Crippen LogP contribution in [0.2, 0.25) is 0 Å². The lowest BCUT2D eigenvalue weighted by Gasteiger charge is -2.44. The summed E-state index contributed by atoms with van der Waals surface area (Å²) < 4.78 is 0. The van der Waals surface area contributed by atoms with Crippen LogP contribution < -0.4 is 0 Å². The lowest BCUT2D eigenvalue weighted by molar-refractivity contribution is 0.0629. The Bertz CT molecular complexity index is 208. The SMILES string of the molecule is CC1CC(C2CCCCC2C)CC(C)C1C. The molecule has 4 unspecified atom stereocenters. The zero-order valence-corrected chi connectivity index (χ0v) is 11.7.